The highest BCUT2D eigenvalue weighted by molar-refractivity contribution is 6.11. The van der Waals surface area contributed by atoms with Gasteiger partial charge in [-0.25, -0.2) is 4.98 Å². The molecule has 4 aromatic rings. The number of nitrogens with two attached hydrogens (primary N) is 1. The predicted octanol–water partition coefficient (Wildman–Crippen LogP) is 4.77. The Kier molecular flexibility index (Phi) is 6.20. The molecule has 0 bridgehead atoms. The number of anilines is 2. The number of rotatable bonds is 6. The first-order valence-corrected chi connectivity index (χ1v) is 12.0. The maximum atomic E-state index is 12.7. The first-order chi connectivity index (χ1) is 17.9. The van der Waals surface area contributed by atoms with Gasteiger partial charge in [-0.05, 0) is 60.7 Å². The minimum Gasteiger partial charge on any atom is -0.383 e. The Labute approximate surface area is 214 Å². The van der Waals surface area contributed by atoms with Crippen molar-refractivity contribution in [1.29, 1.82) is 5.26 Å². The van der Waals surface area contributed by atoms with Crippen LogP contribution in [0.3, 0.4) is 0 Å². The molecule has 2 amide bonds. The Bertz CT molecular complexity index is 1570. The van der Waals surface area contributed by atoms with Crippen molar-refractivity contribution in [2.45, 2.75) is 25.3 Å². The molecule has 0 aliphatic heterocycles. The molecule has 0 atom stereocenters. The molecular weight excluding hydrogens is 464 g/mol. The number of amides is 2. The van der Waals surface area contributed by atoms with Crippen LogP contribution >= 0.6 is 0 Å². The average Bonchev–Trinajstić information content (AvgIpc) is 3.20. The molecular formula is C29H26N6O2. The van der Waals surface area contributed by atoms with Crippen LogP contribution in [0.2, 0.25) is 0 Å². The van der Waals surface area contributed by atoms with Crippen molar-refractivity contribution >= 4 is 34.2 Å². The summed E-state index contributed by atoms with van der Waals surface area (Å²) >= 11 is 0. The molecule has 0 spiro atoms. The highest BCUT2D eigenvalue weighted by atomic mass is 16.2. The summed E-state index contributed by atoms with van der Waals surface area (Å²) in [5, 5.41) is 16.3. The van der Waals surface area contributed by atoms with E-state index in [9.17, 15) is 14.9 Å². The van der Waals surface area contributed by atoms with E-state index in [1.807, 2.05) is 35.9 Å². The molecule has 8 nitrogen and oxygen atoms in total. The van der Waals surface area contributed by atoms with Gasteiger partial charge in [0.2, 0.25) is 5.91 Å². The molecule has 2 aromatic heterocycles. The lowest BCUT2D eigenvalue weighted by atomic mass is 9.92. The molecule has 1 aliphatic rings. The Balaban J connectivity index is 1.64. The highest BCUT2D eigenvalue weighted by Gasteiger charge is 2.24. The van der Waals surface area contributed by atoms with Gasteiger partial charge in [-0.2, -0.15) is 5.26 Å². The molecule has 1 saturated carbocycles. The number of fused-ring (bicyclic) bond motifs is 1. The van der Waals surface area contributed by atoms with Crippen molar-refractivity contribution in [3.8, 4) is 28.5 Å². The third kappa shape index (κ3) is 4.32. The average molecular weight is 491 g/mol. The summed E-state index contributed by atoms with van der Waals surface area (Å²) < 4.78 is 1.94. The highest BCUT2D eigenvalue weighted by Crippen LogP contribution is 2.43. The van der Waals surface area contributed by atoms with Gasteiger partial charge < -0.3 is 20.9 Å². The van der Waals surface area contributed by atoms with Gasteiger partial charge in [0, 0.05) is 36.1 Å². The van der Waals surface area contributed by atoms with E-state index in [0.29, 0.717) is 33.5 Å². The molecule has 8 heteroatoms. The van der Waals surface area contributed by atoms with Crippen LogP contribution < -0.4 is 16.4 Å². The summed E-state index contributed by atoms with van der Waals surface area (Å²) in [7, 11) is 1.88. The molecule has 2 aromatic carbocycles. The first kappa shape index (κ1) is 23.8. The van der Waals surface area contributed by atoms with Gasteiger partial charge in [0.15, 0.2) is 0 Å². The van der Waals surface area contributed by atoms with Gasteiger partial charge in [-0.15, -0.1) is 0 Å². The zero-order valence-electron chi connectivity index (χ0n) is 20.4. The maximum absolute atomic E-state index is 12.7. The molecule has 0 radical (unpaired) electrons. The van der Waals surface area contributed by atoms with E-state index in [4.69, 9.17) is 5.73 Å². The summed E-state index contributed by atoms with van der Waals surface area (Å²) in [4.78, 5) is 28.6. The van der Waals surface area contributed by atoms with Gasteiger partial charge in [-0.1, -0.05) is 30.8 Å². The van der Waals surface area contributed by atoms with E-state index in [2.05, 4.69) is 28.3 Å². The number of benzene rings is 2. The van der Waals surface area contributed by atoms with Crippen LogP contribution in [0.15, 0.2) is 67.4 Å². The van der Waals surface area contributed by atoms with Crippen LogP contribution in [0.1, 0.15) is 35.2 Å². The third-order valence-electron chi connectivity index (χ3n) is 6.85. The third-order valence-corrected chi connectivity index (χ3v) is 6.85. The van der Waals surface area contributed by atoms with E-state index in [1.54, 1.807) is 24.3 Å². The quantitative estimate of drug-likeness (QED) is 0.336. The fourth-order valence-corrected chi connectivity index (χ4v) is 4.72. The van der Waals surface area contributed by atoms with Crippen LogP contribution in [-0.4, -0.2) is 27.4 Å². The van der Waals surface area contributed by atoms with Crippen molar-refractivity contribution in [2.75, 3.05) is 11.1 Å². The van der Waals surface area contributed by atoms with Crippen LogP contribution in [0, 0.1) is 11.3 Å². The minimum absolute atomic E-state index is 0.0838. The number of nitrogen functional groups attached to an aromatic ring is 1. The fraction of sp³-hybridized carbons (Fsp3) is 0.172. The Morgan fingerprint density at radius 3 is 2.41 bits per heavy atom. The number of nitriles is 1. The zero-order valence-corrected chi connectivity index (χ0v) is 20.4. The molecule has 1 fully saturated rings. The number of nitrogens with one attached hydrogen (secondary N) is 2. The van der Waals surface area contributed by atoms with E-state index in [1.165, 1.54) is 12.3 Å². The second kappa shape index (κ2) is 9.63. The van der Waals surface area contributed by atoms with Gasteiger partial charge in [0.25, 0.3) is 5.91 Å². The molecule has 5 rings (SSSR count). The minimum atomic E-state index is -0.294. The van der Waals surface area contributed by atoms with E-state index in [-0.39, 0.29) is 17.9 Å². The second-order valence-corrected chi connectivity index (χ2v) is 9.12. The lowest BCUT2D eigenvalue weighted by molar-refractivity contribution is -0.111. The fourth-order valence-electron chi connectivity index (χ4n) is 4.72. The van der Waals surface area contributed by atoms with Crippen LogP contribution in [0.5, 0.6) is 0 Å². The Morgan fingerprint density at radius 2 is 1.81 bits per heavy atom. The maximum Gasteiger partial charge on any atom is 0.251 e. The van der Waals surface area contributed by atoms with Gasteiger partial charge in [0.05, 0.1) is 22.2 Å². The van der Waals surface area contributed by atoms with E-state index < -0.39 is 0 Å². The lowest BCUT2D eigenvalue weighted by Gasteiger charge is -2.26. The standard InChI is InChI=1S/C29H26N6O2/c1-3-23(36)33-22-13-11-18(12-14-22)26-24(25-27(35(26)2)20(15-30)16-32-28(25)31)17-7-9-19(10-8-17)29(37)34-21-5-4-6-21/h3,7-14,16,21H,1,4-6H2,2H3,(H2,31,32)(H,33,36)(H,34,37). The van der Waals surface area contributed by atoms with Crippen LogP contribution in [-0.2, 0) is 11.8 Å². The lowest BCUT2D eigenvalue weighted by Crippen LogP contribution is -2.39. The van der Waals surface area contributed by atoms with Crippen molar-refractivity contribution in [1.82, 2.24) is 14.9 Å². The molecule has 1 aliphatic carbocycles. The van der Waals surface area contributed by atoms with Crippen molar-refractivity contribution in [3.05, 3.63) is 78.5 Å². The van der Waals surface area contributed by atoms with E-state index in [0.717, 1.165) is 41.6 Å². The number of carbonyl (C=O) groups is 2. The van der Waals surface area contributed by atoms with Crippen LogP contribution in [0.25, 0.3) is 33.3 Å². The zero-order chi connectivity index (χ0) is 26.1. The summed E-state index contributed by atoms with van der Waals surface area (Å²) in [6.07, 6.45) is 5.88. The monoisotopic (exact) mass is 490 g/mol. The molecule has 37 heavy (non-hydrogen) atoms. The number of carbonyl (C=O) groups excluding carboxylic acids is 2. The summed E-state index contributed by atoms with van der Waals surface area (Å²) in [5.41, 5.74) is 12.0. The Morgan fingerprint density at radius 1 is 1.14 bits per heavy atom. The number of nitrogens with zero attached hydrogens (tertiary/aromatic N) is 3. The largest absolute Gasteiger partial charge is 0.383 e. The summed E-state index contributed by atoms with van der Waals surface area (Å²) in [6, 6.07) is 17.3. The predicted molar refractivity (Wildman–Crippen MR) is 145 cm³/mol. The van der Waals surface area contributed by atoms with Gasteiger partial charge in [-0.3, -0.25) is 9.59 Å². The number of hydrogen-bond donors (Lipinski definition) is 3. The SMILES string of the molecule is C=CC(=O)Nc1ccc(-c2c(-c3ccc(C(=O)NC4CCC4)cc3)c3c(N)ncc(C#N)c3n2C)cc1. The Hall–Kier alpha value is -4.90. The van der Waals surface area contributed by atoms with Gasteiger partial charge in [0.1, 0.15) is 11.9 Å². The summed E-state index contributed by atoms with van der Waals surface area (Å²) in [6.45, 7) is 3.48. The summed E-state index contributed by atoms with van der Waals surface area (Å²) in [5.74, 6) is -0.0657. The van der Waals surface area contributed by atoms with Crippen molar-refractivity contribution in [2.24, 2.45) is 7.05 Å². The molecule has 184 valence electrons. The topological polar surface area (TPSA) is 126 Å². The van der Waals surface area contributed by atoms with Crippen LogP contribution in [0.4, 0.5) is 11.5 Å². The van der Waals surface area contributed by atoms with E-state index >= 15 is 0 Å². The number of aromatic nitrogens is 2. The molecule has 0 unspecified atom stereocenters. The number of hydrogen-bond acceptors (Lipinski definition) is 5. The molecule has 0 saturated heterocycles. The number of pyridine rings is 1. The molecule has 2 heterocycles. The normalized spacial score (nSPS) is 13.0. The van der Waals surface area contributed by atoms with Crippen molar-refractivity contribution in [3.63, 3.8) is 0 Å². The smallest absolute Gasteiger partial charge is 0.251 e. The molecule has 4 N–H and O–H groups in total. The van der Waals surface area contributed by atoms with Gasteiger partial charge >= 0.3 is 0 Å². The number of aryl methyl sites for hydroxylation is 1. The first-order valence-electron chi connectivity index (χ1n) is 12.0. The van der Waals surface area contributed by atoms with Crippen molar-refractivity contribution < 1.29 is 9.59 Å². The second-order valence-electron chi connectivity index (χ2n) is 9.12.